The van der Waals surface area contributed by atoms with Gasteiger partial charge in [-0.2, -0.15) is 0 Å². The van der Waals surface area contributed by atoms with E-state index in [1.807, 2.05) is 18.3 Å². The Hall–Kier alpha value is -3.01. The number of amides is 2. The molecule has 5 rings (SSSR count). The Morgan fingerprint density at radius 3 is 2.36 bits per heavy atom. The summed E-state index contributed by atoms with van der Waals surface area (Å²) in [7, 11) is 1.61. The summed E-state index contributed by atoms with van der Waals surface area (Å²) in [6.45, 7) is 0. The van der Waals surface area contributed by atoms with Gasteiger partial charge in [-0.05, 0) is 47.1 Å². The van der Waals surface area contributed by atoms with Crippen LogP contribution in [0, 0.1) is 17.8 Å². The van der Waals surface area contributed by atoms with Gasteiger partial charge in [-0.15, -0.1) is 0 Å². The number of hydrogen-bond donors (Lipinski definition) is 0. The topological polar surface area (TPSA) is 50.3 Å². The maximum Gasteiger partial charge on any atom is 0.256 e. The summed E-state index contributed by atoms with van der Waals surface area (Å²) in [5, 5.41) is 0. The molecule has 0 radical (unpaired) electrons. The van der Waals surface area contributed by atoms with E-state index in [1.165, 1.54) is 16.0 Å². The lowest BCUT2D eigenvalue weighted by Crippen LogP contribution is -2.52. The number of benzene rings is 1. The summed E-state index contributed by atoms with van der Waals surface area (Å²) < 4.78 is 0. The molecule has 2 fully saturated rings. The number of pyridine rings is 1. The van der Waals surface area contributed by atoms with Crippen LogP contribution in [-0.4, -0.2) is 28.7 Å². The molecular formula is C24H22N2O2. The van der Waals surface area contributed by atoms with Crippen molar-refractivity contribution in [1.29, 1.82) is 0 Å². The van der Waals surface area contributed by atoms with Crippen molar-refractivity contribution < 1.29 is 9.59 Å². The normalized spacial score (nSPS) is 26.5. The molecule has 0 bridgehead atoms. The maximum atomic E-state index is 12.7. The molecular weight excluding hydrogens is 348 g/mol. The number of aromatic nitrogens is 1. The van der Waals surface area contributed by atoms with E-state index >= 15 is 0 Å². The smallest absolute Gasteiger partial charge is 0.256 e. The summed E-state index contributed by atoms with van der Waals surface area (Å²) in [6.07, 6.45) is 10.6. The number of rotatable bonds is 2. The average molecular weight is 370 g/mol. The largest absolute Gasteiger partial charge is 0.282 e. The SMILES string of the molecule is CN1C(=O)C2=CC=C(c3ccc(-c4cccnc4)cc3)[C@H]3CCCC(C1=O)C23. The number of allylic oxidation sites excluding steroid dienone is 3. The van der Waals surface area contributed by atoms with Crippen LogP contribution >= 0.6 is 0 Å². The van der Waals surface area contributed by atoms with Gasteiger partial charge in [0.15, 0.2) is 0 Å². The second-order valence-corrected chi connectivity index (χ2v) is 7.94. The number of likely N-dealkylation sites (N-methyl/N-ethyl adjacent to an activating group) is 1. The summed E-state index contributed by atoms with van der Waals surface area (Å²) >= 11 is 0. The van der Waals surface area contributed by atoms with Gasteiger partial charge in [0.25, 0.3) is 5.91 Å². The molecule has 28 heavy (non-hydrogen) atoms. The Morgan fingerprint density at radius 2 is 1.61 bits per heavy atom. The lowest BCUT2D eigenvalue weighted by atomic mass is 9.61. The van der Waals surface area contributed by atoms with Crippen LogP contribution in [0.5, 0.6) is 0 Å². The Morgan fingerprint density at radius 1 is 0.893 bits per heavy atom. The third-order valence-electron chi connectivity index (χ3n) is 6.51. The average Bonchev–Trinajstić information content (AvgIpc) is 2.76. The summed E-state index contributed by atoms with van der Waals surface area (Å²) in [5.41, 5.74) is 5.47. The molecule has 1 saturated carbocycles. The number of piperidine rings is 1. The van der Waals surface area contributed by atoms with E-state index in [0.29, 0.717) is 0 Å². The van der Waals surface area contributed by atoms with Crippen molar-refractivity contribution in [2.75, 3.05) is 7.05 Å². The first-order chi connectivity index (χ1) is 13.6. The number of carbonyl (C=O) groups is 2. The zero-order chi connectivity index (χ0) is 19.3. The first kappa shape index (κ1) is 17.1. The van der Waals surface area contributed by atoms with Crippen LogP contribution in [0.25, 0.3) is 16.7 Å². The summed E-state index contributed by atoms with van der Waals surface area (Å²) in [5.74, 6) is 0.0732. The van der Waals surface area contributed by atoms with Gasteiger partial charge in [-0.25, -0.2) is 0 Å². The third kappa shape index (κ3) is 2.55. The fraction of sp³-hybridized carbons (Fsp3) is 0.292. The second kappa shape index (κ2) is 6.55. The molecule has 140 valence electrons. The maximum absolute atomic E-state index is 12.7. The minimum atomic E-state index is -0.125. The number of imide groups is 1. The molecule has 2 amide bonds. The molecule has 3 atom stereocenters. The van der Waals surface area contributed by atoms with Gasteiger partial charge < -0.3 is 0 Å². The first-order valence-electron chi connectivity index (χ1n) is 9.89. The monoisotopic (exact) mass is 370 g/mol. The number of hydrogen-bond acceptors (Lipinski definition) is 3. The fourth-order valence-corrected chi connectivity index (χ4v) is 5.13. The third-order valence-corrected chi connectivity index (χ3v) is 6.51. The van der Waals surface area contributed by atoms with E-state index in [1.54, 1.807) is 13.2 Å². The van der Waals surface area contributed by atoms with E-state index in [2.05, 4.69) is 41.4 Å². The highest BCUT2D eigenvalue weighted by atomic mass is 16.2. The van der Waals surface area contributed by atoms with Crippen LogP contribution in [0.1, 0.15) is 24.8 Å². The minimum absolute atomic E-state index is 0.00924. The molecule has 1 aromatic carbocycles. The molecule has 1 aromatic heterocycles. The van der Waals surface area contributed by atoms with Gasteiger partial charge in [-0.1, -0.05) is 48.9 Å². The van der Waals surface area contributed by atoms with Gasteiger partial charge >= 0.3 is 0 Å². The Balaban J connectivity index is 1.52. The number of nitrogens with zero attached hydrogens (tertiary/aromatic N) is 2. The molecule has 2 aliphatic carbocycles. The zero-order valence-corrected chi connectivity index (χ0v) is 15.8. The molecule has 4 nitrogen and oxygen atoms in total. The fourth-order valence-electron chi connectivity index (χ4n) is 5.13. The van der Waals surface area contributed by atoms with E-state index in [-0.39, 0.29) is 29.6 Å². The number of carbonyl (C=O) groups excluding carboxylic acids is 2. The van der Waals surface area contributed by atoms with Crippen molar-refractivity contribution in [2.24, 2.45) is 17.8 Å². The highest BCUT2D eigenvalue weighted by Crippen LogP contribution is 2.50. The highest BCUT2D eigenvalue weighted by Gasteiger charge is 2.49. The minimum Gasteiger partial charge on any atom is -0.282 e. The van der Waals surface area contributed by atoms with E-state index in [4.69, 9.17) is 0 Å². The van der Waals surface area contributed by atoms with Crippen molar-refractivity contribution >= 4 is 17.4 Å². The van der Waals surface area contributed by atoms with Gasteiger partial charge in [0.05, 0.1) is 0 Å². The van der Waals surface area contributed by atoms with Crippen molar-refractivity contribution in [1.82, 2.24) is 9.88 Å². The van der Waals surface area contributed by atoms with Crippen LogP contribution in [0.15, 0.2) is 66.5 Å². The van der Waals surface area contributed by atoms with Crippen molar-refractivity contribution in [3.63, 3.8) is 0 Å². The lowest BCUT2D eigenvalue weighted by molar-refractivity contribution is -0.150. The summed E-state index contributed by atoms with van der Waals surface area (Å²) in [4.78, 5) is 30.9. The molecule has 3 aliphatic rings. The van der Waals surface area contributed by atoms with E-state index in [0.717, 1.165) is 36.0 Å². The molecule has 0 N–H and O–H groups in total. The molecule has 2 unspecified atom stereocenters. The van der Waals surface area contributed by atoms with Crippen LogP contribution in [0.2, 0.25) is 0 Å². The van der Waals surface area contributed by atoms with E-state index in [9.17, 15) is 9.59 Å². The molecule has 2 heterocycles. The molecule has 2 aromatic rings. The lowest BCUT2D eigenvalue weighted by Gasteiger charge is -2.46. The highest BCUT2D eigenvalue weighted by molar-refractivity contribution is 6.09. The molecule has 1 aliphatic heterocycles. The Bertz CT molecular complexity index is 1000. The predicted molar refractivity (Wildman–Crippen MR) is 108 cm³/mol. The molecule has 1 saturated heterocycles. The van der Waals surface area contributed by atoms with Gasteiger partial charge in [0.2, 0.25) is 5.91 Å². The van der Waals surface area contributed by atoms with E-state index < -0.39 is 0 Å². The van der Waals surface area contributed by atoms with Crippen molar-refractivity contribution in [3.05, 3.63) is 72.1 Å². The van der Waals surface area contributed by atoms with Gasteiger partial charge in [-0.3, -0.25) is 19.5 Å². The molecule has 0 spiro atoms. The summed E-state index contributed by atoms with van der Waals surface area (Å²) in [6, 6.07) is 12.5. The van der Waals surface area contributed by atoms with Crippen LogP contribution in [-0.2, 0) is 9.59 Å². The second-order valence-electron chi connectivity index (χ2n) is 7.94. The van der Waals surface area contributed by atoms with Gasteiger partial charge in [0.1, 0.15) is 0 Å². The van der Waals surface area contributed by atoms with Crippen molar-refractivity contribution in [3.8, 4) is 11.1 Å². The van der Waals surface area contributed by atoms with Gasteiger partial charge in [0, 0.05) is 36.9 Å². The van der Waals surface area contributed by atoms with Crippen LogP contribution in [0.4, 0.5) is 0 Å². The van der Waals surface area contributed by atoms with Crippen molar-refractivity contribution in [2.45, 2.75) is 19.3 Å². The molecule has 4 heteroatoms. The van der Waals surface area contributed by atoms with Crippen LogP contribution in [0.3, 0.4) is 0 Å². The Kier molecular flexibility index (Phi) is 4.00. The van der Waals surface area contributed by atoms with Crippen LogP contribution < -0.4 is 0 Å². The first-order valence-corrected chi connectivity index (χ1v) is 9.89. The predicted octanol–water partition coefficient (Wildman–Crippen LogP) is 4.10. The quantitative estimate of drug-likeness (QED) is 0.748. The Labute approximate surface area is 164 Å². The number of likely N-dealkylation sites (tertiary alicyclic amines) is 1. The zero-order valence-electron chi connectivity index (χ0n) is 15.8. The standard InChI is InChI=1S/C24H22N2O2/c1-26-23(27)20-6-2-5-19-18(11-12-21(22(19)20)24(26)28)16-9-7-15(8-10-16)17-4-3-13-25-14-17/h3-4,7-14,19-20,22H,2,5-6H2,1H3/t19-,20?,22?/m1/s1.